The number of aromatic nitrogens is 2. The Balaban J connectivity index is 1.32. The number of rotatable bonds is 7. The summed E-state index contributed by atoms with van der Waals surface area (Å²) in [6.45, 7) is 7.84. The van der Waals surface area contributed by atoms with Gasteiger partial charge in [-0.1, -0.05) is 0 Å². The van der Waals surface area contributed by atoms with Crippen LogP contribution >= 0.6 is 0 Å². The highest BCUT2D eigenvalue weighted by Crippen LogP contribution is 2.16. The van der Waals surface area contributed by atoms with Crippen LogP contribution in [0.4, 0.5) is 10.1 Å². The maximum Gasteiger partial charge on any atom is 0.221 e. The molecule has 6 nitrogen and oxygen atoms in total. The van der Waals surface area contributed by atoms with Gasteiger partial charge >= 0.3 is 0 Å². The van der Waals surface area contributed by atoms with E-state index >= 15 is 0 Å². The molecule has 1 aromatic carbocycles. The van der Waals surface area contributed by atoms with Gasteiger partial charge in [-0.05, 0) is 31.2 Å². The molecule has 0 saturated carbocycles. The lowest BCUT2D eigenvalue weighted by molar-refractivity contribution is -0.121. The summed E-state index contributed by atoms with van der Waals surface area (Å²) in [4.78, 5) is 20.7. The molecule has 1 amide bonds. The van der Waals surface area contributed by atoms with Crippen LogP contribution in [0.5, 0.6) is 0 Å². The van der Waals surface area contributed by atoms with Crippen molar-refractivity contribution in [3.8, 4) is 0 Å². The number of imidazole rings is 1. The fourth-order valence-corrected chi connectivity index (χ4v) is 3.19. The molecule has 3 rings (SSSR count). The van der Waals surface area contributed by atoms with Crippen LogP contribution in [0.15, 0.2) is 36.7 Å². The molecular weight excluding hydrogens is 333 g/mol. The molecule has 2 aromatic rings. The zero-order chi connectivity index (χ0) is 18.4. The number of nitrogens with one attached hydrogen (secondary N) is 1. The second-order valence-corrected chi connectivity index (χ2v) is 6.57. The Hall–Kier alpha value is -2.41. The molecule has 1 aliphatic heterocycles. The quantitative estimate of drug-likeness (QED) is 0.817. The summed E-state index contributed by atoms with van der Waals surface area (Å²) < 4.78 is 15.0. The van der Waals surface area contributed by atoms with Crippen LogP contribution in [0, 0.1) is 12.7 Å². The van der Waals surface area contributed by atoms with E-state index in [2.05, 4.69) is 20.1 Å². The molecule has 0 atom stereocenters. The van der Waals surface area contributed by atoms with Crippen molar-refractivity contribution in [1.29, 1.82) is 0 Å². The maximum atomic E-state index is 13.0. The van der Waals surface area contributed by atoms with Crippen LogP contribution in [-0.2, 0) is 11.3 Å². The number of piperazine rings is 1. The van der Waals surface area contributed by atoms with Crippen LogP contribution in [-0.4, -0.2) is 59.6 Å². The highest BCUT2D eigenvalue weighted by molar-refractivity contribution is 5.75. The number of carbonyl (C=O) groups is 1. The Kier molecular flexibility index (Phi) is 6.22. The third-order valence-electron chi connectivity index (χ3n) is 4.82. The van der Waals surface area contributed by atoms with E-state index in [-0.39, 0.29) is 11.7 Å². The number of amides is 1. The average molecular weight is 359 g/mol. The van der Waals surface area contributed by atoms with E-state index in [9.17, 15) is 9.18 Å². The monoisotopic (exact) mass is 359 g/mol. The Morgan fingerprint density at radius 3 is 2.54 bits per heavy atom. The van der Waals surface area contributed by atoms with E-state index in [1.165, 1.54) is 12.1 Å². The first kappa shape index (κ1) is 18.4. The summed E-state index contributed by atoms with van der Waals surface area (Å²) in [5.41, 5.74) is 1.06. The zero-order valence-corrected chi connectivity index (χ0v) is 15.2. The van der Waals surface area contributed by atoms with Gasteiger partial charge in [0.15, 0.2) is 0 Å². The molecule has 7 heteroatoms. The van der Waals surface area contributed by atoms with Gasteiger partial charge in [0.1, 0.15) is 11.6 Å². The molecule has 1 saturated heterocycles. The van der Waals surface area contributed by atoms with E-state index in [0.29, 0.717) is 19.5 Å². The van der Waals surface area contributed by atoms with Crippen molar-refractivity contribution in [1.82, 2.24) is 19.8 Å². The van der Waals surface area contributed by atoms with Crippen LogP contribution in [0.2, 0.25) is 0 Å². The molecule has 0 unspecified atom stereocenters. The number of carbonyl (C=O) groups excluding carboxylic acids is 1. The average Bonchev–Trinajstić information content (AvgIpc) is 3.06. The minimum absolute atomic E-state index is 0.0723. The van der Waals surface area contributed by atoms with Gasteiger partial charge in [-0.15, -0.1) is 0 Å². The van der Waals surface area contributed by atoms with Crippen molar-refractivity contribution in [2.24, 2.45) is 0 Å². The van der Waals surface area contributed by atoms with Crippen LogP contribution in [0.25, 0.3) is 0 Å². The summed E-state index contributed by atoms with van der Waals surface area (Å²) in [5.74, 6) is 0.797. The number of hydrogen-bond acceptors (Lipinski definition) is 4. The Morgan fingerprint density at radius 1 is 1.15 bits per heavy atom. The van der Waals surface area contributed by atoms with Gasteiger partial charge in [0, 0.05) is 70.3 Å². The van der Waals surface area contributed by atoms with Gasteiger partial charge in [-0.25, -0.2) is 9.37 Å². The van der Waals surface area contributed by atoms with Crippen molar-refractivity contribution in [3.05, 3.63) is 48.3 Å². The fraction of sp³-hybridized carbons (Fsp3) is 0.474. The summed E-state index contributed by atoms with van der Waals surface area (Å²) >= 11 is 0. The predicted octanol–water partition coefficient (Wildman–Crippen LogP) is 1.66. The number of anilines is 1. The lowest BCUT2D eigenvalue weighted by Crippen LogP contribution is -2.48. The lowest BCUT2D eigenvalue weighted by atomic mass is 10.2. The maximum absolute atomic E-state index is 13.0. The summed E-state index contributed by atoms with van der Waals surface area (Å²) in [6, 6.07) is 6.66. The lowest BCUT2D eigenvalue weighted by Gasteiger charge is -2.36. The minimum atomic E-state index is -0.202. The van der Waals surface area contributed by atoms with Crippen molar-refractivity contribution in [2.75, 3.05) is 44.2 Å². The first-order valence-corrected chi connectivity index (χ1v) is 9.09. The van der Waals surface area contributed by atoms with Crippen molar-refractivity contribution in [3.63, 3.8) is 0 Å². The topological polar surface area (TPSA) is 53.4 Å². The zero-order valence-electron chi connectivity index (χ0n) is 15.2. The van der Waals surface area contributed by atoms with Crippen molar-refractivity contribution < 1.29 is 9.18 Å². The largest absolute Gasteiger partial charge is 0.369 e. The third-order valence-corrected chi connectivity index (χ3v) is 4.82. The van der Waals surface area contributed by atoms with Gasteiger partial charge in [0.05, 0.1) is 0 Å². The van der Waals surface area contributed by atoms with E-state index in [1.807, 2.05) is 29.8 Å². The minimum Gasteiger partial charge on any atom is -0.369 e. The second-order valence-electron chi connectivity index (χ2n) is 6.57. The van der Waals surface area contributed by atoms with E-state index in [1.54, 1.807) is 6.20 Å². The molecule has 1 fully saturated rings. The number of nitrogens with zero attached hydrogens (tertiary/aromatic N) is 4. The molecule has 0 bridgehead atoms. The van der Waals surface area contributed by atoms with Gasteiger partial charge < -0.3 is 14.8 Å². The smallest absolute Gasteiger partial charge is 0.221 e. The molecule has 2 heterocycles. The molecular formula is C19H26FN5O. The normalized spacial score (nSPS) is 15.2. The number of hydrogen-bond donors (Lipinski definition) is 1. The van der Waals surface area contributed by atoms with E-state index in [4.69, 9.17) is 0 Å². The Labute approximate surface area is 153 Å². The molecule has 0 radical (unpaired) electrons. The summed E-state index contributed by atoms with van der Waals surface area (Å²) in [5, 5.41) is 2.99. The number of halogens is 1. The van der Waals surface area contributed by atoms with Gasteiger partial charge in [-0.3, -0.25) is 9.69 Å². The molecule has 140 valence electrons. The first-order chi connectivity index (χ1) is 12.6. The molecule has 1 N–H and O–H groups in total. The Morgan fingerprint density at radius 2 is 1.88 bits per heavy atom. The predicted molar refractivity (Wildman–Crippen MR) is 99.6 cm³/mol. The molecule has 26 heavy (non-hydrogen) atoms. The third kappa shape index (κ3) is 5.05. The van der Waals surface area contributed by atoms with E-state index in [0.717, 1.165) is 44.2 Å². The van der Waals surface area contributed by atoms with Crippen LogP contribution < -0.4 is 10.2 Å². The highest BCUT2D eigenvalue weighted by Gasteiger charge is 2.17. The molecule has 1 aliphatic rings. The van der Waals surface area contributed by atoms with Gasteiger partial charge in [0.25, 0.3) is 0 Å². The SMILES string of the molecule is Cc1nccn1CCC(=O)NCCN1CCN(c2ccc(F)cc2)CC1. The molecule has 0 aliphatic carbocycles. The molecule has 0 spiro atoms. The first-order valence-electron chi connectivity index (χ1n) is 9.09. The highest BCUT2D eigenvalue weighted by atomic mass is 19.1. The van der Waals surface area contributed by atoms with Crippen LogP contribution in [0.3, 0.4) is 0 Å². The fourth-order valence-electron chi connectivity index (χ4n) is 3.19. The standard InChI is InChI=1S/C19H26FN5O/c1-16-21-8-11-24(16)9-6-19(26)22-7-10-23-12-14-25(15-13-23)18-4-2-17(20)3-5-18/h2-5,8,11H,6-7,9-10,12-15H2,1H3,(H,22,26). The molecule has 1 aromatic heterocycles. The number of benzene rings is 1. The van der Waals surface area contributed by atoms with Crippen molar-refractivity contribution in [2.45, 2.75) is 19.9 Å². The summed E-state index contributed by atoms with van der Waals surface area (Å²) in [7, 11) is 0. The van der Waals surface area contributed by atoms with Gasteiger partial charge in [-0.2, -0.15) is 0 Å². The Bertz CT molecular complexity index is 707. The van der Waals surface area contributed by atoms with Crippen LogP contribution in [0.1, 0.15) is 12.2 Å². The van der Waals surface area contributed by atoms with Crippen molar-refractivity contribution >= 4 is 11.6 Å². The number of aryl methyl sites for hydroxylation is 2. The van der Waals surface area contributed by atoms with E-state index < -0.39 is 0 Å². The summed E-state index contributed by atoms with van der Waals surface area (Å²) in [6.07, 6.45) is 4.11. The second kappa shape index (κ2) is 8.80. The van der Waals surface area contributed by atoms with Gasteiger partial charge in [0.2, 0.25) is 5.91 Å².